The van der Waals surface area contributed by atoms with Crippen molar-refractivity contribution < 1.29 is 9.72 Å². The minimum Gasteiger partial charge on any atom is -0.340 e. The fraction of sp³-hybridized carbons (Fsp3) is 0.900. The van der Waals surface area contributed by atoms with Crippen molar-refractivity contribution in [3.63, 3.8) is 0 Å². The largest absolute Gasteiger partial charge is 0.340 e. The summed E-state index contributed by atoms with van der Waals surface area (Å²) in [7, 11) is 0. The van der Waals surface area contributed by atoms with Gasteiger partial charge in [0.15, 0.2) is 0 Å². The van der Waals surface area contributed by atoms with Crippen molar-refractivity contribution >= 4 is 5.91 Å². The molecule has 1 saturated heterocycles. The molecular formula is C10H19N3O3. The van der Waals surface area contributed by atoms with E-state index in [9.17, 15) is 14.9 Å². The third-order valence-corrected chi connectivity index (χ3v) is 2.92. The Balaban J connectivity index is 2.43. The van der Waals surface area contributed by atoms with Gasteiger partial charge in [-0.05, 0) is 0 Å². The third kappa shape index (κ3) is 3.16. The number of carbonyl (C=O) groups excluding carboxylic acids is 1. The van der Waals surface area contributed by atoms with Crippen LogP contribution in [0.25, 0.3) is 0 Å². The lowest BCUT2D eigenvalue weighted by molar-refractivity contribution is -0.561. The molecule has 6 nitrogen and oxygen atoms in total. The Bertz CT molecular complexity index is 283. The van der Waals surface area contributed by atoms with Gasteiger partial charge in [-0.2, -0.15) is 0 Å². The number of hydrogen-bond acceptors (Lipinski definition) is 4. The fourth-order valence-electron chi connectivity index (χ4n) is 1.83. The zero-order chi connectivity index (χ0) is 12.3. The summed E-state index contributed by atoms with van der Waals surface area (Å²) in [5, 5.41) is 10.8. The molecule has 1 amide bonds. The minimum atomic E-state index is -0.918. The summed E-state index contributed by atoms with van der Waals surface area (Å²) in [6, 6.07) is 0. The lowest BCUT2D eigenvalue weighted by Gasteiger charge is -2.35. The van der Waals surface area contributed by atoms with Gasteiger partial charge in [0.2, 0.25) is 11.4 Å². The molecule has 1 aliphatic rings. The zero-order valence-corrected chi connectivity index (χ0v) is 10.1. The first-order valence-electron chi connectivity index (χ1n) is 5.45. The van der Waals surface area contributed by atoms with Crippen molar-refractivity contribution in [2.24, 2.45) is 0 Å². The molecule has 0 bridgehead atoms. The van der Waals surface area contributed by atoms with Gasteiger partial charge in [0.1, 0.15) is 0 Å². The van der Waals surface area contributed by atoms with E-state index in [0.29, 0.717) is 19.6 Å². The number of nitrogens with zero attached hydrogens (tertiary/aromatic N) is 3. The lowest BCUT2D eigenvalue weighted by atomic mass is 10.1. The van der Waals surface area contributed by atoms with E-state index >= 15 is 0 Å². The topological polar surface area (TPSA) is 66.7 Å². The van der Waals surface area contributed by atoms with Crippen LogP contribution in [-0.4, -0.2) is 58.9 Å². The summed E-state index contributed by atoms with van der Waals surface area (Å²) >= 11 is 0. The highest BCUT2D eigenvalue weighted by Crippen LogP contribution is 2.12. The first-order chi connectivity index (χ1) is 7.33. The molecule has 1 aliphatic heterocycles. The highest BCUT2D eigenvalue weighted by molar-refractivity contribution is 5.73. The second kappa shape index (κ2) is 4.78. The molecule has 6 heteroatoms. The maximum absolute atomic E-state index is 11.1. The van der Waals surface area contributed by atoms with E-state index in [0.717, 1.165) is 13.1 Å². The summed E-state index contributed by atoms with van der Waals surface area (Å²) in [6.45, 7) is 8.02. The van der Waals surface area contributed by atoms with Gasteiger partial charge in [-0.1, -0.05) is 0 Å². The Morgan fingerprint density at radius 1 is 1.31 bits per heavy atom. The number of carbonyl (C=O) groups is 1. The molecule has 1 fully saturated rings. The van der Waals surface area contributed by atoms with Crippen molar-refractivity contribution in [2.75, 3.05) is 32.7 Å². The molecule has 92 valence electrons. The Kier molecular flexibility index (Phi) is 3.85. The van der Waals surface area contributed by atoms with Crippen LogP contribution in [0.15, 0.2) is 0 Å². The Labute approximate surface area is 95.4 Å². The first kappa shape index (κ1) is 12.9. The summed E-state index contributed by atoms with van der Waals surface area (Å²) in [5.41, 5.74) is -0.918. The molecule has 0 spiro atoms. The Morgan fingerprint density at radius 3 is 2.19 bits per heavy atom. The highest BCUT2D eigenvalue weighted by Gasteiger charge is 2.34. The van der Waals surface area contributed by atoms with E-state index in [2.05, 4.69) is 0 Å². The zero-order valence-electron chi connectivity index (χ0n) is 10.1. The molecule has 1 heterocycles. The van der Waals surface area contributed by atoms with Crippen LogP contribution in [0.1, 0.15) is 20.8 Å². The Morgan fingerprint density at radius 2 is 1.81 bits per heavy atom. The average molecular weight is 229 g/mol. The fourth-order valence-corrected chi connectivity index (χ4v) is 1.83. The van der Waals surface area contributed by atoms with Crippen molar-refractivity contribution in [1.29, 1.82) is 0 Å². The van der Waals surface area contributed by atoms with Gasteiger partial charge >= 0.3 is 0 Å². The second-order valence-corrected chi connectivity index (χ2v) is 4.85. The molecule has 0 aromatic rings. The number of hydrogen-bond donors (Lipinski definition) is 0. The lowest BCUT2D eigenvalue weighted by Crippen LogP contribution is -2.53. The van der Waals surface area contributed by atoms with E-state index in [1.165, 1.54) is 0 Å². The number of amides is 1. The summed E-state index contributed by atoms with van der Waals surface area (Å²) < 4.78 is 0. The van der Waals surface area contributed by atoms with Crippen LogP contribution in [0.3, 0.4) is 0 Å². The van der Waals surface area contributed by atoms with Crippen LogP contribution < -0.4 is 0 Å². The van der Waals surface area contributed by atoms with Crippen molar-refractivity contribution in [3.05, 3.63) is 10.1 Å². The predicted octanol–water partition coefficient (Wildman–Crippen LogP) is 0.206. The van der Waals surface area contributed by atoms with Crippen molar-refractivity contribution in [2.45, 2.75) is 26.3 Å². The normalized spacial score (nSPS) is 18.6. The van der Waals surface area contributed by atoms with Crippen molar-refractivity contribution in [1.82, 2.24) is 9.80 Å². The molecule has 0 atom stereocenters. The minimum absolute atomic E-state index is 0.0770. The molecule has 16 heavy (non-hydrogen) atoms. The molecule has 0 radical (unpaired) electrons. The van der Waals surface area contributed by atoms with E-state index in [-0.39, 0.29) is 10.8 Å². The Hall–Kier alpha value is -1.17. The van der Waals surface area contributed by atoms with Crippen LogP contribution in [0, 0.1) is 10.1 Å². The first-order valence-corrected chi connectivity index (χ1v) is 5.45. The van der Waals surface area contributed by atoms with Crippen LogP contribution in [0.2, 0.25) is 0 Å². The molecular weight excluding hydrogens is 210 g/mol. The third-order valence-electron chi connectivity index (χ3n) is 2.92. The SMILES string of the molecule is CC(=O)N1CCN(CC(C)(C)[N+](=O)[O-])CC1. The molecule has 0 unspecified atom stereocenters. The highest BCUT2D eigenvalue weighted by atomic mass is 16.6. The molecule has 0 N–H and O–H groups in total. The van der Waals surface area contributed by atoms with E-state index in [1.54, 1.807) is 25.7 Å². The van der Waals surface area contributed by atoms with Gasteiger partial charge in [-0.15, -0.1) is 0 Å². The van der Waals surface area contributed by atoms with E-state index in [1.807, 2.05) is 4.90 Å². The molecule has 1 rings (SSSR count). The van der Waals surface area contributed by atoms with Crippen LogP contribution in [-0.2, 0) is 4.79 Å². The predicted molar refractivity (Wildman–Crippen MR) is 59.8 cm³/mol. The van der Waals surface area contributed by atoms with Gasteiger partial charge < -0.3 is 4.90 Å². The van der Waals surface area contributed by atoms with E-state index in [4.69, 9.17) is 0 Å². The van der Waals surface area contributed by atoms with Gasteiger partial charge in [-0.25, -0.2) is 0 Å². The summed E-state index contributed by atoms with van der Waals surface area (Å²) in [4.78, 5) is 25.5. The molecule has 0 aromatic carbocycles. The van der Waals surface area contributed by atoms with Gasteiger partial charge in [0.25, 0.3) is 0 Å². The number of nitro groups is 1. The number of piperazine rings is 1. The average Bonchev–Trinajstić information content (AvgIpc) is 2.17. The molecule has 0 aromatic heterocycles. The summed E-state index contributed by atoms with van der Waals surface area (Å²) in [5.74, 6) is 0.0770. The summed E-state index contributed by atoms with van der Waals surface area (Å²) in [6.07, 6.45) is 0. The van der Waals surface area contributed by atoms with Crippen molar-refractivity contribution in [3.8, 4) is 0 Å². The van der Waals surface area contributed by atoms with Gasteiger partial charge in [0, 0.05) is 51.9 Å². The maximum Gasteiger partial charge on any atom is 0.229 e. The van der Waals surface area contributed by atoms with E-state index < -0.39 is 5.54 Å². The van der Waals surface area contributed by atoms with Crippen LogP contribution in [0.5, 0.6) is 0 Å². The second-order valence-electron chi connectivity index (χ2n) is 4.85. The molecule has 0 saturated carbocycles. The maximum atomic E-state index is 11.1. The number of rotatable bonds is 3. The van der Waals surface area contributed by atoms with Gasteiger partial charge in [0.05, 0.1) is 6.54 Å². The standard InChI is InChI=1S/C10H19N3O3/c1-9(14)12-6-4-11(5-7-12)8-10(2,3)13(15)16/h4-8H2,1-3H3. The molecule has 0 aliphatic carbocycles. The smallest absolute Gasteiger partial charge is 0.229 e. The van der Waals surface area contributed by atoms with Crippen LogP contribution in [0.4, 0.5) is 0 Å². The quantitative estimate of drug-likeness (QED) is 0.512. The van der Waals surface area contributed by atoms with Crippen LogP contribution >= 0.6 is 0 Å². The van der Waals surface area contributed by atoms with Gasteiger partial charge in [-0.3, -0.25) is 19.8 Å². The monoisotopic (exact) mass is 229 g/mol.